The van der Waals surface area contributed by atoms with E-state index in [4.69, 9.17) is 0 Å². The number of hydrogen-bond acceptors (Lipinski definition) is 10. The Kier molecular flexibility index (Phi) is 4.90. The molecule has 3 aromatic heterocycles. The number of thiazole rings is 1. The number of rotatable bonds is 6. The second kappa shape index (κ2) is 7.82. The van der Waals surface area contributed by atoms with Crippen molar-refractivity contribution in [3.63, 3.8) is 0 Å². The standard InChI is InChI=1S/C17H12N8O3S/c26-16(10-5-7-18-8-6-10)24-23-15-13(25(27)28)14(19-9-20-15)22-17-21-11-3-1-2-4-12(11)29-17/h1-9H,(H,24,26)(H2,19,20,21,22,23). The third-order valence-corrected chi connectivity index (χ3v) is 4.71. The van der Waals surface area contributed by atoms with Crippen LogP contribution in [0.1, 0.15) is 10.4 Å². The quantitative estimate of drug-likeness (QED) is 0.323. The van der Waals surface area contributed by atoms with Gasteiger partial charge in [-0.15, -0.1) is 0 Å². The first kappa shape index (κ1) is 18.2. The summed E-state index contributed by atoms with van der Waals surface area (Å²) in [7, 11) is 0. The zero-order valence-corrected chi connectivity index (χ0v) is 15.4. The highest BCUT2D eigenvalue weighted by Gasteiger charge is 2.24. The number of hydrogen-bond donors (Lipinski definition) is 3. The van der Waals surface area contributed by atoms with E-state index in [0.717, 1.165) is 16.5 Å². The zero-order valence-electron chi connectivity index (χ0n) is 14.6. The molecule has 0 atom stereocenters. The van der Waals surface area contributed by atoms with E-state index in [2.05, 4.69) is 36.1 Å². The molecule has 0 aliphatic carbocycles. The number of fused-ring (bicyclic) bond motifs is 1. The van der Waals surface area contributed by atoms with Gasteiger partial charge in [-0.1, -0.05) is 23.5 Å². The molecular weight excluding hydrogens is 396 g/mol. The molecule has 12 heteroatoms. The van der Waals surface area contributed by atoms with Crippen molar-refractivity contribution in [3.05, 3.63) is 70.8 Å². The van der Waals surface area contributed by atoms with Crippen LogP contribution in [-0.4, -0.2) is 30.8 Å². The Labute approximate surface area is 167 Å². The third kappa shape index (κ3) is 3.91. The molecule has 0 spiro atoms. The van der Waals surface area contributed by atoms with Crippen LogP contribution in [0.4, 0.5) is 22.5 Å². The fourth-order valence-electron chi connectivity index (χ4n) is 2.45. The number of pyridine rings is 1. The summed E-state index contributed by atoms with van der Waals surface area (Å²) >= 11 is 1.33. The van der Waals surface area contributed by atoms with Gasteiger partial charge in [0.05, 0.1) is 15.1 Å². The molecule has 1 aromatic carbocycles. The number of carbonyl (C=O) groups excluding carboxylic acids is 1. The van der Waals surface area contributed by atoms with Crippen LogP contribution in [0.2, 0.25) is 0 Å². The van der Waals surface area contributed by atoms with Crippen LogP contribution in [0.25, 0.3) is 10.2 Å². The summed E-state index contributed by atoms with van der Waals surface area (Å²) in [5.74, 6) is -0.721. The Morgan fingerprint density at radius 2 is 1.83 bits per heavy atom. The molecule has 4 rings (SSSR count). The largest absolute Gasteiger partial charge is 0.355 e. The summed E-state index contributed by atoms with van der Waals surface area (Å²) in [5, 5.41) is 14.9. The predicted octanol–water partition coefficient (Wildman–Crippen LogP) is 2.89. The van der Waals surface area contributed by atoms with Crippen LogP contribution in [0, 0.1) is 10.1 Å². The maximum atomic E-state index is 12.1. The molecule has 0 aliphatic rings. The predicted molar refractivity (Wildman–Crippen MR) is 107 cm³/mol. The Morgan fingerprint density at radius 3 is 2.59 bits per heavy atom. The molecule has 11 nitrogen and oxygen atoms in total. The number of aromatic nitrogens is 4. The second-order valence-electron chi connectivity index (χ2n) is 5.60. The number of amides is 1. The molecule has 0 bridgehead atoms. The molecule has 144 valence electrons. The van der Waals surface area contributed by atoms with E-state index in [1.807, 2.05) is 24.3 Å². The monoisotopic (exact) mass is 408 g/mol. The van der Waals surface area contributed by atoms with E-state index in [0.29, 0.717) is 10.7 Å². The van der Waals surface area contributed by atoms with Gasteiger partial charge in [-0.2, -0.15) is 0 Å². The average molecular weight is 408 g/mol. The van der Waals surface area contributed by atoms with Gasteiger partial charge >= 0.3 is 5.69 Å². The van der Waals surface area contributed by atoms with Crippen molar-refractivity contribution in [2.24, 2.45) is 0 Å². The maximum Gasteiger partial charge on any atom is 0.355 e. The lowest BCUT2D eigenvalue weighted by atomic mass is 10.3. The lowest BCUT2D eigenvalue weighted by Gasteiger charge is -2.09. The Hall–Kier alpha value is -4.19. The third-order valence-electron chi connectivity index (χ3n) is 3.76. The molecule has 0 unspecified atom stereocenters. The van der Waals surface area contributed by atoms with Crippen LogP contribution in [0.3, 0.4) is 0 Å². The molecule has 1 amide bonds. The summed E-state index contributed by atoms with van der Waals surface area (Å²) in [5.41, 5.74) is 5.51. The van der Waals surface area contributed by atoms with E-state index < -0.39 is 16.5 Å². The number of nitrogens with zero attached hydrogens (tertiary/aromatic N) is 5. The number of para-hydroxylation sites is 1. The zero-order chi connectivity index (χ0) is 20.2. The van der Waals surface area contributed by atoms with Crippen molar-refractivity contribution in [2.75, 3.05) is 10.7 Å². The van der Waals surface area contributed by atoms with E-state index in [1.54, 1.807) is 0 Å². The highest BCUT2D eigenvalue weighted by molar-refractivity contribution is 7.22. The van der Waals surface area contributed by atoms with Crippen molar-refractivity contribution in [2.45, 2.75) is 0 Å². The summed E-state index contributed by atoms with van der Waals surface area (Å²) in [4.78, 5) is 39.1. The molecule has 0 aliphatic heterocycles. The Balaban J connectivity index is 1.58. The number of nitrogens with one attached hydrogen (secondary N) is 3. The van der Waals surface area contributed by atoms with Gasteiger partial charge in [-0.05, 0) is 24.3 Å². The molecule has 29 heavy (non-hydrogen) atoms. The number of anilines is 3. The minimum atomic E-state index is -0.642. The number of nitro groups is 1. The lowest BCUT2D eigenvalue weighted by molar-refractivity contribution is -0.383. The summed E-state index contributed by atoms with van der Waals surface area (Å²) < 4.78 is 0.926. The van der Waals surface area contributed by atoms with Gasteiger partial charge in [0.25, 0.3) is 5.91 Å². The van der Waals surface area contributed by atoms with E-state index in [9.17, 15) is 14.9 Å². The van der Waals surface area contributed by atoms with Crippen molar-refractivity contribution in [3.8, 4) is 0 Å². The Bertz CT molecular complexity index is 1160. The number of carbonyl (C=O) groups is 1. The lowest BCUT2D eigenvalue weighted by Crippen LogP contribution is -2.30. The van der Waals surface area contributed by atoms with E-state index >= 15 is 0 Å². The van der Waals surface area contributed by atoms with Crippen LogP contribution in [-0.2, 0) is 0 Å². The normalized spacial score (nSPS) is 10.5. The number of benzene rings is 1. The maximum absolute atomic E-state index is 12.1. The van der Waals surface area contributed by atoms with Gasteiger partial charge in [0.2, 0.25) is 11.6 Å². The van der Waals surface area contributed by atoms with Gasteiger partial charge in [-0.3, -0.25) is 30.7 Å². The van der Waals surface area contributed by atoms with Crippen LogP contribution in [0.15, 0.2) is 55.1 Å². The van der Waals surface area contributed by atoms with Crippen molar-refractivity contribution in [1.29, 1.82) is 0 Å². The highest BCUT2D eigenvalue weighted by atomic mass is 32.1. The highest BCUT2D eigenvalue weighted by Crippen LogP contribution is 2.33. The van der Waals surface area contributed by atoms with E-state index in [1.165, 1.54) is 35.9 Å². The first-order chi connectivity index (χ1) is 14.1. The average Bonchev–Trinajstić information content (AvgIpc) is 3.14. The minimum absolute atomic E-state index is 0.0512. The minimum Gasteiger partial charge on any atom is -0.310 e. The molecule has 4 aromatic rings. The van der Waals surface area contributed by atoms with Crippen LogP contribution in [0.5, 0.6) is 0 Å². The smallest absolute Gasteiger partial charge is 0.310 e. The van der Waals surface area contributed by atoms with Gasteiger partial charge in [-0.25, -0.2) is 15.0 Å². The molecule has 0 saturated heterocycles. The summed E-state index contributed by atoms with van der Waals surface area (Å²) in [6, 6.07) is 10.5. The summed E-state index contributed by atoms with van der Waals surface area (Å²) in [6.07, 6.45) is 4.06. The van der Waals surface area contributed by atoms with Gasteiger partial charge < -0.3 is 5.32 Å². The van der Waals surface area contributed by atoms with Gasteiger partial charge in [0.15, 0.2) is 5.13 Å². The topological polar surface area (TPSA) is 148 Å². The molecule has 3 heterocycles. The van der Waals surface area contributed by atoms with E-state index in [-0.39, 0.29) is 11.6 Å². The molecule has 0 fully saturated rings. The summed E-state index contributed by atoms with van der Waals surface area (Å²) in [6.45, 7) is 0. The first-order valence-electron chi connectivity index (χ1n) is 8.20. The Morgan fingerprint density at radius 1 is 1.07 bits per heavy atom. The number of hydrazine groups is 1. The molecule has 3 N–H and O–H groups in total. The fraction of sp³-hybridized carbons (Fsp3) is 0. The second-order valence-corrected chi connectivity index (χ2v) is 6.63. The van der Waals surface area contributed by atoms with Crippen LogP contribution >= 0.6 is 11.3 Å². The first-order valence-corrected chi connectivity index (χ1v) is 9.02. The van der Waals surface area contributed by atoms with Gasteiger partial charge in [0, 0.05) is 18.0 Å². The van der Waals surface area contributed by atoms with Crippen molar-refractivity contribution in [1.82, 2.24) is 25.4 Å². The SMILES string of the molecule is O=C(NNc1ncnc(Nc2nc3ccccc3s2)c1[N+](=O)[O-])c1ccncc1. The molecule has 0 saturated carbocycles. The molecule has 0 radical (unpaired) electrons. The van der Waals surface area contributed by atoms with Crippen LogP contribution < -0.4 is 16.2 Å². The molecular formula is C17H12N8O3S. The van der Waals surface area contributed by atoms with Crippen molar-refractivity contribution < 1.29 is 9.72 Å². The van der Waals surface area contributed by atoms with Crippen molar-refractivity contribution >= 4 is 49.9 Å². The fourth-order valence-corrected chi connectivity index (χ4v) is 3.32. The van der Waals surface area contributed by atoms with Gasteiger partial charge in [0.1, 0.15) is 6.33 Å².